The average molecular weight is 245 g/mol. The minimum atomic E-state index is -0.436. The fourth-order valence-corrected chi connectivity index (χ4v) is 1.64. The molecule has 0 aliphatic heterocycles. The van der Waals surface area contributed by atoms with Gasteiger partial charge in [0.05, 0.1) is 0 Å². The highest BCUT2D eigenvalue weighted by atomic mass is 16.1. The van der Waals surface area contributed by atoms with Gasteiger partial charge in [0.1, 0.15) is 5.69 Å². The molecule has 0 unspecified atom stereocenters. The fourth-order valence-electron chi connectivity index (χ4n) is 1.64. The van der Waals surface area contributed by atoms with Crippen molar-refractivity contribution in [3.05, 3.63) is 45.7 Å². The lowest BCUT2D eigenvalue weighted by Crippen LogP contribution is -2.18. The molecule has 1 heterocycles. The number of nitrogens with zero attached hydrogens (tertiary/aromatic N) is 1. The van der Waals surface area contributed by atoms with E-state index in [1.165, 1.54) is 5.56 Å². The number of aryl methyl sites for hydroxylation is 1. The first-order chi connectivity index (χ1) is 8.56. The third-order valence-corrected chi connectivity index (χ3v) is 2.52. The van der Waals surface area contributed by atoms with Gasteiger partial charge < -0.3 is 16.8 Å². The predicted octanol–water partition coefficient (Wildman–Crippen LogP) is 0.855. The van der Waals surface area contributed by atoms with Gasteiger partial charge >= 0.3 is 0 Å². The molecular formula is C12H15N5O. The molecule has 94 valence electrons. The number of rotatable bonds is 3. The normalized spacial score (nSPS) is 10.3. The van der Waals surface area contributed by atoms with E-state index < -0.39 is 5.56 Å². The SMILES string of the molecule is Cc1cccc(CNc2nc(N)[nH]c(=O)c2N)c1. The second kappa shape index (κ2) is 4.79. The molecule has 6 N–H and O–H groups in total. The van der Waals surface area contributed by atoms with Crippen LogP contribution >= 0.6 is 0 Å². The van der Waals surface area contributed by atoms with Crippen LogP contribution in [0, 0.1) is 6.92 Å². The monoisotopic (exact) mass is 245 g/mol. The van der Waals surface area contributed by atoms with Gasteiger partial charge in [-0.1, -0.05) is 29.8 Å². The Kier molecular flexibility index (Phi) is 3.18. The van der Waals surface area contributed by atoms with Crippen molar-refractivity contribution in [3.8, 4) is 0 Å². The van der Waals surface area contributed by atoms with Crippen molar-refractivity contribution in [1.82, 2.24) is 9.97 Å². The smallest absolute Gasteiger partial charge is 0.277 e. The van der Waals surface area contributed by atoms with Crippen LogP contribution < -0.4 is 22.3 Å². The summed E-state index contributed by atoms with van der Waals surface area (Å²) in [5, 5.41) is 3.00. The number of H-pyrrole nitrogens is 1. The Morgan fingerprint density at radius 2 is 2.17 bits per heavy atom. The van der Waals surface area contributed by atoms with Crippen molar-refractivity contribution < 1.29 is 0 Å². The zero-order valence-electron chi connectivity index (χ0n) is 10.0. The number of nitrogens with one attached hydrogen (secondary N) is 2. The molecule has 18 heavy (non-hydrogen) atoms. The molecule has 1 aromatic carbocycles. The molecule has 0 aliphatic carbocycles. The summed E-state index contributed by atoms with van der Waals surface area (Å²) in [7, 11) is 0. The lowest BCUT2D eigenvalue weighted by Gasteiger charge is -2.08. The number of anilines is 3. The summed E-state index contributed by atoms with van der Waals surface area (Å²) < 4.78 is 0. The first-order valence-electron chi connectivity index (χ1n) is 5.51. The molecule has 0 aliphatic rings. The maximum Gasteiger partial charge on any atom is 0.277 e. The van der Waals surface area contributed by atoms with Gasteiger partial charge in [0.25, 0.3) is 5.56 Å². The van der Waals surface area contributed by atoms with E-state index in [1.54, 1.807) is 0 Å². The van der Waals surface area contributed by atoms with Gasteiger partial charge in [0.15, 0.2) is 5.82 Å². The molecular weight excluding hydrogens is 230 g/mol. The van der Waals surface area contributed by atoms with E-state index in [1.807, 2.05) is 31.2 Å². The number of hydrogen-bond donors (Lipinski definition) is 4. The van der Waals surface area contributed by atoms with Gasteiger partial charge in [-0.25, -0.2) is 0 Å². The van der Waals surface area contributed by atoms with Crippen molar-refractivity contribution in [2.45, 2.75) is 13.5 Å². The van der Waals surface area contributed by atoms with Crippen molar-refractivity contribution in [3.63, 3.8) is 0 Å². The molecule has 0 spiro atoms. The van der Waals surface area contributed by atoms with Crippen LogP contribution in [0.5, 0.6) is 0 Å². The maximum absolute atomic E-state index is 11.4. The topological polar surface area (TPSA) is 110 Å². The number of nitrogens with two attached hydrogens (primary N) is 2. The Morgan fingerprint density at radius 1 is 1.39 bits per heavy atom. The molecule has 2 rings (SSSR count). The fraction of sp³-hybridized carbons (Fsp3) is 0.167. The van der Waals surface area contributed by atoms with Crippen LogP contribution in [-0.4, -0.2) is 9.97 Å². The molecule has 6 heteroatoms. The average Bonchev–Trinajstić information content (AvgIpc) is 2.32. The number of nitrogen functional groups attached to an aromatic ring is 2. The van der Waals surface area contributed by atoms with E-state index in [4.69, 9.17) is 11.5 Å². The molecule has 0 saturated heterocycles. The second-order valence-corrected chi connectivity index (χ2v) is 4.06. The van der Waals surface area contributed by atoms with Crippen LogP contribution in [0.3, 0.4) is 0 Å². The highest BCUT2D eigenvalue weighted by Crippen LogP contribution is 2.12. The van der Waals surface area contributed by atoms with E-state index in [2.05, 4.69) is 15.3 Å². The maximum atomic E-state index is 11.4. The summed E-state index contributed by atoms with van der Waals surface area (Å²) in [4.78, 5) is 17.7. The van der Waals surface area contributed by atoms with Crippen LogP contribution in [0.25, 0.3) is 0 Å². The van der Waals surface area contributed by atoms with Crippen molar-refractivity contribution in [2.24, 2.45) is 0 Å². The number of aromatic amines is 1. The van der Waals surface area contributed by atoms with Gasteiger partial charge in [0, 0.05) is 6.54 Å². The number of aromatic nitrogens is 2. The minimum absolute atomic E-state index is 0.0388. The highest BCUT2D eigenvalue weighted by Gasteiger charge is 2.06. The van der Waals surface area contributed by atoms with Crippen LogP contribution in [0.1, 0.15) is 11.1 Å². The van der Waals surface area contributed by atoms with Crippen LogP contribution in [0.4, 0.5) is 17.5 Å². The minimum Gasteiger partial charge on any atom is -0.391 e. The van der Waals surface area contributed by atoms with Crippen molar-refractivity contribution >= 4 is 17.5 Å². The zero-order chi connectivity index (χ0) is 13.1. The van der Waals surface area contributed by atoms with Crippen LogP contribution in [-0.2, 0) is 6.54 Å². The Morgan fingerprint density at radius 3 is 2.89 bits per heavy atom. The molecule has 0 amide bonds. The van der Waals surface area contributed by atoms with Gasteiger partial charge in [0.2, 0.25) is 5.95 Å². The van der Waals surface area contributed by atoms with Crippen LogP contribution in [0.2, 0.25) is 0 Å². The van der Waals surface area contributed by atoms with E-state index in [9.17, 15) is 4.79 Å². The van der Waals surface area contributed by atoms with Crippen molar-refractivity contribution in [2.75, 3.05) is 16.8 Å². The van der Waals surface area contributed by atoms with Gasteiger partial charge in [-0.2, -0.15) is 4.98 Å². The quantitative estimate of drug-likeness (QED) is 0.641. The van der Waals surface area contributed by atoms with Crippen molar-refractivity contribution in [1.29, 1.82) is 0 Å². The third-order valence-electron chi connectivity index (χ3n) is 2.52. The third kappa shape index (κ3) is 2.60. The molecule has 0 saturated carbocycles. The zero-order valence-corrected chi connectivity index (χ0v) is 10.0. The highest BCUT2D eigenvalue weighted by molar-refractivity contribution is 5.61. The lowest BCUT2D eigenvalue weighted by molar-refractivity contribution is 1.07. The van der Waals surface area contributed by atoms with E-state index >= 15 is 0 Å². The molecule has 0 bridgehead atoms. The molecule has 0 fully saturated rings. The van der Waals surface area contributed by atoms with Gasteiger partial charge in [-0.15, -0.1) is 0 Å². The summed E-state index contributed by atoms with van der Waals surface area (Å²) in [6, 6.07) is 8.00. The number of benzene rings is 1. The largest absolute Gasteiger partial charge is 0.391 e. The van der Waals surface area contributed by atoms with Crippen LogP contribution in [0.15, 0.2) is 29.1 Å². The Balaban J connectivity index is 2.18. The molecule has 6 nitrogen and oxygen atoms in total. The van der Waals surface area contributed by atoms with Gasteiger partial charge in [-0.3, -0.25) is 9.78 Å². The summed E-state index contributed by atoms with van der Waals surface area (Å²) in [6.45, 7) is 2.54. The summed E-state index contributed by atoms with van der Waals surface area (Å²) >= 11 is 0. The number of hydrogen-bond acceptors (Lipinski definition) is 5. The molecule has 0 radical (unpaired) electrons. The Hall–Kier alpha value is -2.50. The first-order valence-corrected chi connectivity index (χ1v) is 5.51. The molecule has 2 aromatic rings. The van der Waals surface area contributed by atoms with Gasteiger partial charge in [-0.05, 0) is 12.5 Å². The van der Waals surface area contributed by atoms with E-state index in [0.717, 1.165) is 5.56 Å². The van der Waals surface area contributed by atoms with E-state index in [-0.39, 0.29) is 11.6 Å². The lowest BCUT2D eigenvalue weighted by atomic mass is 10.1. The molecule has 0 atom stereocenters. The summed E-state index contributed by atoms with van der Waals surface area (Å²) in [6.07, 6.45) is 0. The predicted molar refractivity (Wildman–Crippen MR) is 72.2 cm³/mol. The Bertz CT molecular complexity index is 620. The standard InChI is InChI=1S/C12H15N5O/c1-7-3-2-4-8(5-7)6-15-10-9(13)11(18)17-12(14)16-10/h2-5H,6,13H2,1H3,(H4,14,15,16,17,18). The summed E-state index contributed by atoms with van der Waals surface area (Å²) in [5.41, 5.74) is 12.9. The van der Waals surface area contributed by atoms with E-state index in [0.29, 0.717) is 12.4 Å². The summed E-state index contributed by atoms with van der Waals surface area (Å²) in [5.74, 6) is 0.346. The first kappa shape index (κ1) is 12.0. The molecule has 1 aromatic heterocycles. The Labute approximate surface area is 104 Å². The second-order valence-electron chi connectivity index (χ2n) is 4.06.